The Morgan fingerprint density at radius 1 is 1.68 bits per heavy atom. The average Bonchev–Trinajstić information content (AvgIpc) is 2.85. The lowest BCUT2D eigenvalue weighted by atomic mass is 9.85. The van der Waals surface area contributed by atoms with Gasteiger partial charge < -0.3 is 10.2 Å². The van der Waals surface area contributed by atoms with Gasteiger partial charge in [0.25, 0.3) is 0 Å². The number of hydrogen-bond donors (Lipinski definition) is 1. The van der Waals surface area contributed by atoms with Gasteiger partial charge in [-0.15, -0.1) is 0 Å². The third-order valence-corrected chi connectivity index (χ3v) is 4.09. The number of nitrogens with zero attached hydrogens (tertiary/aromatic N) is 3. The molecule has 0 radical (unpaired) electrons. The Hall–Kier alpha value is -1.36. The quantitative estimate of drug-likeness (QED) is 0.894. The van der Waals surface area contributed by atoms with Crippen molar-refractivity contribution in [1.29, 1.82) is 0 Å². The van der Waals surface area contributed by atoms with Crippen LogP contribution in [0.1, 0.15) is 26.2 Å². The van der Waals surface area contributed by atoms with Crippen LogP contribution in [0.4, 0.5) is 5.69 Å². The van der Waals surface area contributed by atoms with Crippen molar-refractivity contribution in [3.05, 3.63) is 12.4 Å². The number of amides is 1. The van der Waals surface area contributed by atoms with Crippen LogP contribution in [0.3, 0.4) is 0 Å². The third kappa shape index (κ3) is 3.56. The second-order valence-corrected chi connectivity index (χ2v) is 5.61. The number of carbonyl (C=O) groups is 1. The summed E-state index contributed by atoms with van der Waals surface area (Å²) in [4.78, 5) is 14.0. The van der Waals surface area contributed by atoms with Gasteiger partial charge in [-0.05, 0) is 37.8 Å². The second kappa shape index (κ2) is 6.19. The first-order valence-electron chi connectivity index (χ1n) is 7.04. The molecule has 106 valence electrons. The van der Waals surface area contributed by atoms with Gasteiger partial charge in [0, 0.05) is 26.7 Å². The largest absolute Gasteiger partial charge is 0.316 e. The van der Waals surface area contributed by atoms with E-state index in [0.29, 0.717) is 18.3 Å². The molecule has 0 spiro atoms. The molecule has 1 N–H and O–H groups in total. The Bertz CT molecular complexity index is 423. The Kier molecular flexibility index (Phi) is 4.58. The van der Waals surface area contributed by atoms with E-state index in [1.54, 1.807) is 15.8 Å². The number of carbonyl (C=O) groups excluding carboxylic acids is 1. The van der Waals surface area contributed by atoms with E-state index in [4.69, 9.17) is 0 Å². The summed E-state index contributed by atoms with van der Waals surface area (Å²) < 4.78 is 1.72. The molecular formula is C14H24N4O. The zero-order valence-electron chi connectivity index (χ0n) is 12.1. The predicted molar refractivity (Wildman–Crippen MR) is 76.0 cm³/mol. The highest BCUT2D eigenvalue weighted by Crippen LogP contribution is 2.24. The van der Waals surface area contributed by atoms with Crippen LogP contribution in [-0.4, -0.2) is 35.8 Å². The lowest BCUT2D eigenvalue weighted by molar-refractivity contribution is -0.119. The molecule has 1 aliphatic heterocycles. The Balaban J connectivity index is 1.89. The highest BCUT2D eigenvalue weighted by Gasteiger charge is 2.23. The van der Waals surface area contributed by atoms with Gasteiger partial charge in [-0.3, -0.25) is 9.48 Å². The highest BCUT2D eigenvalue weighted by molar-refractivity contribution is 5.92. The van der Waals surface area contributed by atoms with Crippen molar-refractivity contribution in [3.63, 3.8) is 0 Å². The van der Waals surface area contributed by atoms with Crippen LogP contribution in [0.25, 0.3) is 0 Å². The van der Waals surface area contributed by atoms with Crippen molar-refractivity contribution < 1.29 is 4.79 Å². The maximum atomic E-state index is 12.3. The number of anilines is 1. The summed E-state index contributed by atoms with van der Waals surface area (Å²) in [5.74, 6) is 1.23. The molecule has 2 unspecified atom stereocenters. The van der Waals surface area contributed by atoms with Gasteiger partial charge in [-0.1, -0.05) is 6.92 Å². The van der Waals surface area contributed by atoms with Gasteiger partial charge in [0.05, 0.1) is 11.9 Å². The van der Waals surface area contributed by atoms with Crippen molar-refractivity contribution >= 4 is 11.6 Å². The van der Waals surface area contributed by atoms with E-state index in [1.165, 1.54) is 12.8 Å². The molecule has 0 aliphatic carbocycles. The van der Waals surface area contributed by atoms with E-state index in [-0.39, 0.29) is 5.91 Å². The summed E-state index contributed by atoms with van der Waals surface area (Å²) in [5, 5.41) is 7.52. The Labute approximate surface area is 115 Å². The predicted octanol–water partition coefficient (Wildman–Crippen LogP) is 1.41. The number of aromatic nitrogens is 2. The van der Waals surface area contributed by atoms with Gasteiger partial charge in [-0.2, -0.15) is 5.10 Å². The summed E-state index contributed by atoms with van der Waals surface area (Å²) in [7, 11) is 3.68. The van der Waals surface area contributed by atoms with E-state index >= 15 is 0 Å². The van der Waals surface area contributed by atoms with Crippen molar-refractivity contribution in [2.45, 2.75) is 26.2 Å². The first-order valence-corrected chi connectivity index (χ1v) is 7.04. The average molecular weight is 264 g/mol. The fraction of sp³-hybridized carbons (Fsp3) is 0.714. The normalized spacial score (nSPS) is 21.1. The number of rotatable bonds is 4. The standard InChI is InChI=1S/C14H24N4O/c1-11(12-5-4-6-15-8-12)7-14(19)18(3)13-9-16-17(2)10-13/h9-12,15H,4-8H2,1-3H3. The van der Waals surface area contributed by atoms with Crippen molar-refractivity contribution in [3.8, 4) is 0 Å². The van der Waals surface area contributed by atoms with Gasteiger partial charge in [0.15, 0.2) is 0 Å². The van der Waals surface area contributed by atoms with Crippen molar-refractivity contribution in [1.82, 2.24) is 15.1 Å². The van der Waals surface area contributed by atoms with Crippen LogP contribution in [0, 0.1) is 11.8 Å². The van der Waals surface area contributed by atoms with Crippen LogP contribution in [-0.2, 0) is 11.8 Å². The highest BCUT2D eigenvalue weighted by atomic mass is 16.2. The Morgan fingerprint density at radius 3 is 3.05 bits per heavy atom. The molecule has 1 fully saturated rings. The molecule has 2 heterocycles. The monoisotopic (exact) mass is 264 g/mol. The molecule has 1 aromatic heterocycles. The van der Waals surface area contributed by atoms with E-state index < -0.39 is 0 Å². The lowest BCUT2D eigenvalue weighted by Gasteiger charge is -2.29. The molecule has 1 aliphatic rings. The number of aryl methyl sites for hydroxylation is 1. The summed E-state index contributed by atoms with van der Waals surface area (Å²) in [5.41, 5.74) is 0.862. The SMILES string of the molecule is CC(CC(=O)N(C)c1cnn(C)c1)C1CCCNC1. The van der Waals surface area contributed by atoms with Crippen LogP contribution < -0.4 is 10.2 Å². The van der Waals surface area contributed by atoms with E-state index in [0.717, 1.165) is 18.8 Å². The van der Waals surface area contributed by atoms with Crippen molar-refractivity contribution in [2.75, 3.05) is 25.0 Å². The zero-order chi connectivity index (χ0) is 13.8. The molecular weight excluding hydrogens is 240 g/mol. The molecule has 0 saturated carbocycles. The lowest BCUT2D eigenvalue weighted by Crippen LogP contribution is -2.36. The summed E-state index contributed by atoms with van der Waals surface area (Å²) in [6.45, 7) is 4.35. The summed E-state index contributed by atoms with van der Waals surface area (Å²) in [6.07, 6.45) is 6.66. The molecule has 5 nitrogen and oxygen atoms in total. The first-order chi connectivity index (χ1) is 9.08. The minimum Gasteiger partial charge on any atom is -0.316 e. The fourth-order valence-electron chi connectivity index (χ4n) is 2.67. The molecule has 1 saturated heterocycles. The summed E-state index contributed by atoms with van der Waals surface area (Å²) in [6, 6.07) is 0. The Morgan fingerprint density at radius 2 is 2.47 bits per heavy atom. The smallest absolute Gasteiger partial charge is 0.227 e. The number of nitrogens with one attached hydrogen (secondary N) is 1. The molecule has 5 heteroatoms. The van der Waals surface area contributed by atoms with Crippen molar-refractivity contribution in [2.24, 2.45) is 18.9 Å². The molecule has 0 aromatic carbocycles. The van der Waals surface area contributed by atoms with Crippen LogP contribution in [0.15, 0.2) is 12.4 Å². The van der Waals surface area contributed by atoms with Gasteiger partial charge >= 0.3 is 0 Å². The van der Waals surface area contributed by atoms with Crippen LogP contribution >= 0.6 is 0 Å². The second-order valence-electron chi connectivity index (χ2n) is 5.61. The minimum absolute atomic E-state index is 0.172. The summed E-state index contributed by atoms with van der Waals surface area (Å²) >= 11 is 0. The van der Waals surface area contributed by atoms with Crippen LogP contribution in [0.2, 0.25) is 0 Å². The molecule has 1 amide bonds. The number of hydrogen-bond acceptors (Lipinski definition) is 3. The maximum absolute atomic E-state index is 12.3. The van der Waals surface area contributed by atoms with Crippen LogP contribution in [0.5, 0.6) is 0 Å². The van der Waals surface area contributed by atoms with E-state index in [1.807, 2.05) is 20.3 Å². The molecule has 0 bridgehead atoms. The van der Waals surface area contributed by atoms with Gasteiger partial charge in [0.2, 0.25) is 5.91 Å². The van der Waals surface area contributed by atoms with Gasteiger partial charge in [0.1, 0.15) is 0 Å². The van der Waals surface area contributed by atoms with Gasteiger partial charge in [-0.25, -0.2) is 0 Å². The van der Waals surface area contributed by atoms with E-state index in [2.05, 4.69) is 17.3 Å². The minimum atomic E-state index is 0.172. The molecule has 2 atom stereocenters. The van der Waals surface area contributed by atoms with E-state index in [9.17, 15) is 4.79 Å². The fourth-order valence-corrected chi connectivity index (χ4v) is 2.67. The number of piperidine rings is 1. The molecule has 19 heavy (non-hydrogen) atoms. The molecule has 2 rings (SSSR count). The third-order valence-electron chi connectivity index (χ3n) is 4.09. The first kappa shape index (κ1) is 14.1. The maximum Gasteiger partial charge on any atom is 0.227 e. The topological polar surface area (TPSA) is 50.2 Å². The zero-order valence-corrected chi connectivity index (χ0v) is 12.1. The molecule has 1 aromatic rings.